The van der Waals surface area contributed by atoms with Crippen LogP contribution in [0.25, 0.3) is 0 Å². The standard InChI is InChI=1S/C17H34O11Si/c1-29(2,3)5-4-25-16-14(24)12(22)15(9(7-19)27-16)28-17-13(23)11(21)10(20)8(6-18)26-17/h8-24H,4-7H2,1-3H3/t8-,9-,10+,11+,12-,13-,14-,15-,16-,17+/m1/s1. The Hall–Kier alpha value is -0.223. The molecule has 2 aliphatic rings. The second-order valence-corrected chi connectivity index (χ2v) is 14.3. The van der Waals surface area contributed by atoms with Gasteiger partial charge in [-0.3, -0.25) is 0 Å². The molecule has 172 valence electrons. The van der Waals surface area contributed by atoms with Gasteiger partial charge in [-0.2, -0.15) is 0 Å². The smallest absolute Gasteiger partial charge is 0.187 e. The number of rotatable bonds is 8. The van der Waals surface area contributed by atoms with E-state index in [2.05, 4.69) is 19.6 Å². The SMILES string of the molecule is C[Si](C)(C)CCO[C@@H]1O[C@H](CO)[C@@H](O[C@@H]2O[C@H](CO)[C@H](O)[C@H](O)[C@H]2O)[C@H](O)[C@H]1O. The number of aliphatic hydroxyl groups excluding tert-OH is 7. The number of ether oxygens (including phenoxy) is 4. The average molecular weight is 443 g/mol. The molecule has 0 aromatic carbocycles. The summed E-state index contributed by atoms with van der Waals surface area (Å²) in [5, 5.41) is 69.5. The molecule has 2 rings (SSSR count). The summed E-state index contributed by atoms with van der Waals surface area (Å²) in [7, 11) is -1.39. The minimum absolute atomic E-state index is 0.320. The second kappa shape index (κ2) is 10.4. The Balaban J connectivity index is 2.03. The molecule has 0 saturated carbocycles. The van der Waals surface area contributed by atoms with Crippen molar-refractivity contribution in [3.63, 3.8) is 0 Å². The summed E-state index contributed by atoms with van der Waals surface area (Å²) < 4.78 is 21.8. The van der Waals surface area contributed by atoms with E-state index in [1.54, 1.807) is 0 Å². The van der Waals surface area contributed by atoms with E-state index < -0.39 is 82.7 Å². The lowest BCUT2D eigenvalue weighted by atomic mass is 9.97. The van der Waals surface area contributed by atoms with Crippen LogP contribution in [0.1, 0.15) is 0 Å². The van der Waals surface area contributed by atoms with Gasteiger partial charge in [0.25, 0.3) is 0 Å². The Morgan fingerprint density at radius 1 is 0.724 bits per heavy atom. The van der Waals surface area contributed by atoms with Crippen LogP contribution in [0.3, 0.4) is 0 Å². The molecule has 11 nitrogen and oxygen atoms in total. The van der Waals surface area contributed by atoms with Crippen LogP contribution in [0.4, 0.5) is 0 Å². The zero-order chi connectivity index (χ0) is 21.9. The van der Waals surface area contributed by atoms with Crippen LogP contribution in [0.2, 0.25) is 25.7 Å². The van der Waals surface area contributed by atoms with E-state index in [1.807, 2.05) is 0 Å². The first-order valence-corrected chi connectivity index (χ1v) is 13.4. The number of hydrogen-bond donors (Lipinski definition) is 7. The molecule has 2 fully saturated rings. The lowest BCUT2D eigenvalue weighted by Gasteiger charge is -2.46. The summed E-state index contributed by atoms with van der Waals surface area (Å²) in [4.78, 5) is 0. The van der Waals surface area contributed by atoms with Crippen molar-refractivity contribution in [1.29, 1.82) is 0 Å². The first-order chi connectivity index (χ1) is 13.5. The minimum atomic E-state index is -1.69. The summed E-state index contributed by atoms with van der Waals surface area (Å²) in [6.07, 6.45) is -14.3. The van der Waals surface area contributed by atoms with Gasteiger partial charge in [-0.15, -0.1) is 0 Å². The van der Waals surface area contributed by atoms with Crippen LogP contribution in [0.5, 0.6) is 0 Å². The highest BCUT2D eigenvalue weighted by Crippen LogP contribution is 2.29. The van der Waals surface area contributed by atoms with E-state index in [0.717, 1.165) is 6.04 Å². The van der Waals surface area contributed by atoms with Gasteiger partial charge in [-0.25, -0.2) is 0 Å². The van der Waals surface area contributed by atoms with Crippen molar-refractivity contribution in [3.05, 3.63) is 0 Å². The largest absolute Gasteiger partial charge is 0.394 e. The van der Waals surface area contributed by atoms with Gasteiger partial charge in [0.2, 0.25) is 0 Å². The second-order valence-electron chi connectivity index (χ2n) is 8.69. The maximum Gasteiger partial charge on any atom is 0.187 e. The van der Waals surface area contributed by atoms with Crippen LogP contribution in [-0.4, -0.2) is 125 Å². The fraction of sp³-hybridized carbons (Fsp3) is 1.00. The summed E-state index contributed by atoms with van der Waals surface area (Å²) in [5.74, 6) is 0. The van der Waals surface area contributed by atoms with Crippen molar-refractivity contribution < 1.29 is 54.7 Å². The van der Waals surface area contributed by atoms with Gasteiger partial charge in [0, 0.05) is 14.7 Å². The predicted octanol–water partition coefficient (Wildman–Crippen LogP) is -3.03. The number of aliphatic hydroxyl groups is 7. The summed E-state index contributed by atoms with van der Waals surface area (Å²) in [6.45, 7) is 5.56. The molecule has 7 N–H and O–H groups in total. The van der Waals surface area contributed by atoms with Crippen molar-refractivity contribution in [3.8, 4) is 0 Å². The predicted molar refractivity (Wildman–Crippen MR) is 101 cm³/mol. The van der Waals surface area contributed by atoms with Crippen LogP contribution in [-0.2, 0) is 18.9 Å². The molecule has 0 aromatic rings. The van der Waals surface area contributed by atoms with Gasteiger partial charge in [0.05, 0.1) is 13.2 Å². The third kappa shape index (κ3) is 6.15. The highest BCUT2D eigenvalue weighted by atomic mass is 28.3. The molecule has 2 saturated heterocycles. The average Bonchev–Trinajstić information content (AvgIpc) is 2.66. The number of hydrogen-bond acceptors (Lipinski definition) is 11. The molecule has 29 heavy (non-hydrogen) atoms. The molecule has 0 unspecified atom stereocenters. The Morgan fingerprint density at radius 3 is 1.83 bits per heavy atom. The summed E-state index contributed by atoms with van der Waals surface area (Å²) in [6, 6.07) is 0.810. The Labute approximate surface area is 170 Å². The first-order valence-electron chi connectivity index (χ1n) is 9.70. The van der Waals surface area contributed by atoms with Gasteiger partial charge in [-0.1, -0.05) is 19.6 Å². The van der Waals surface area contributed by atoms with E-state index in [-0.39, 0.29) is 0 Å². The monoisotopic (exact) mass is 442 g/mol. The Bertz CT molecular complexity index is 500. The first kappa shape index (κ1) is 25.0. The van der Waals surface area contributed by atoms with Crippen molar-refractivity contribution in [2.75, 3.05) is 19.8 Å². The van der Waals surface area contributed by atoms with E-state index in [4.69, 9.17) is 18.9 Å². The third-order valence-corrected chi connectivity index (χ3v) is 6.80. The van der Waals surface area contributed by atoms with E-state index in [0.29, 0.717) is 6.61 Å². The van der Waals surface area contributed by atoms with Gasteiger partial charge in [0.1, 0.15) is 48.8 Å². The quantitative estimate of drug-likeness (QED) is 0.190. The van der Waals surface area contributed by atoms with Crippen LogP contribution in [0.15, 0.2) is 0 Å². The molecule has 12 heteroatoms. The van der Waals surface area contributed by atoms with Crippen LogP contribution < -0.4 is 0 Å². The molecule has 2 heterocycles. The molecular formula is C17H34O11Si. The van der Waals surface area contributed by atoms with E-state index in [9.17, 15) is 35.7 Å². The molecule has 0 bridgehead atoms. The highest BCUT2D eigenvalue weighted by Gasteiger charge is 2.50. The lowest BCUT2D eigenvalue weighted by molar-refractivity contribution is -0.359. The topological polar surface area (TPSA) is 179 Å². The van der Waals surface area contributed by atoms with Gasteiger partial charge in [0.15, 0.2) is 12.6 Å². The molecule has 10 atom stereocenters. The van der Waals surface area contributed by atoms with E-state index in [1.165, 1.54) is 0 Å². The van der Waals surface area contributed by atoms with Crippen LogP contribution in [0, 0.1) is 0 Å². The van der Waals surface area contributed by atoms with Crippen molar-refractivity contribution in [1.82, 2.24) is 0 Å². The van der Waals surface area contributed by atoms with Gasteiger partial charge in [-0.05, 0) is 6.04 Å². The minimum Gasteiger partial charge on any atom is -0.394 e. The molecule has 0 aliphatic carbocycles. The zero-order valence-electron chi connectivity index (χ0n) is 16.9. The van der Waals surface area contributed by atoms with Crippen LogP contribution >= 0.6 is 0 Å². The lowest BCUT2D eigenvalue weighted by Crippen LogP contribution is -2.64. The molecule has 0 aromatic heterocycles. The Morgan fingerprint density at radius 2 is 1.28 bits per heavy atom. The van der Waals surface area contributed by atoms with Crippen molar-refractivity contribution >= 4 is 8.07 Å². The molecular weight excluding hydrogens is 408 g/mol. The summed E-state index contributed by atoms with van der Waals surface area (Å²) >= 11 is 0. The fourth-order valence-corrected chi connectivity index (χ4v) is 3.90. The normalized spacial score (nSPS) is 44.1. The Kier molecular flexibility index (Phi) is 8.97. The molecule has 2 aliphatic heterocycles. The highest BCUT2D eigenvalue weighted by molar-refractivity contribution is 6.76. The molecule has 0 radical (unpaired) electrons. The third-order valence-electron chi connectivity index (χ3n) is 5.09. The van der Waals surface area contributed by atoms with Gasteiger partial charge < -0.3 is 54.7 Å². The summed E-state index contributed by atoms with van der Waals surface area (Å²) in [5.41, 5.74) is 0. The van der Waals surface area contributed by atoms with E-state index >= 15 is 0 Å². The van der Waals surface area contributed by atoms with Gasteiger partial charge >= 0.3 is 0 Å². The van der Waals surface area contributed by atoms with Crippen molar-refractivity contribution in [2.45, 2.75) is 87.1 Å². The zero-order valence-corrected chi connectivity index (χ0v) is 17.9. The maximum atomic E-state index is 10.5. The molecule has 0 spiro atoms. The fourth-order valence-electron chi connectivity index (χ4n) is 3.17. The molecule has 0 amide bonds. The van der Waals surface area contributed by atoms with Crippen molar-refractivity contribution in [2.24, 2.45) is 0 Å². The maximum absolute atomic E-state index is 10.5.